The molecule has 0 aliphatic carbocycles. The Balaban J connectivity index is 3.43. The van der Waals surface area contributed by atoms with Crippen molar-refractivity contribution >= 4 is 11.7 Å². The maximum Gasteiger partial charge on any atom is 0.314 e. The summed E-state index contributed by atoms with van der Waals surface area (Å²) >= 11 is 0. The standard InChI is InChI=1S/C13H19NO2/c1-4-13(5-2,12(15)16)10-8-6-7-9(3)11(10)14/h6-8H,4-5,14H2,1-3H3,(H,15,16). The van der Waals surface area contributed by atoms with Crippen molar-refractivity contribution in [2.45, 2.75) is 39.0 Å². The molecule has 0 spiro atoms. The molecule has 0 saturated carbocycles. The number of nitrogens with two attached hydrogens (primary N) is 1. The molecule has 3 nitrogen and oxygen atoms in total. The van der Waals surface area contributed by atoms with E-state index in [9.17, 15) is 9.90 Å². The van der Waals surface area contributed by atoms with Gasteiger partial charge < -0.3 is 10.8 Å². The molecule has 1 aromatic rings. The molecular formula is C13H19NO2. The van der Waals surface area contributed by atoms with Gasteiger partial charge in [-0.1, -0.05) is 32.0 Å². The second kappa shape index (κ2) is 4.56. The Labute approximate surface area is 96.3 Å². The van der Waals surface area contributed by atoms with Gasteiger partial charge >= 0.3 is 5.97 Å². The summed E-state index contributed by atoms with van der Waals surface area (Å²) in [4.78, 5) is 11.5. The van der Waals surface area contributed by atoms with Crippen LogP contribution in [0.5, 0.6) is 0 Å². The number of para-hydroxylation sites is 1. The molecular weight excluding hydrogens is 202 g/mol. The number of aliphatic carboxylic acids is 1. The van der Waals surface area contributed by atoms with E-state index < -0.39 is 11.4 Å². The third-order valence-corrected chi connectivity index (χ3v) is 3.46. The molecule has 1 aromatic carbocycles. The normalized spacial score (nSPS) is 11.4. The van der Waals surface area contributed by atoms with Gasteiger partial charge in [0.2, 0.25) is 0 Å². The fraction of sp³-hybridized carbons (Fsp3) is 0.462. The van der Waals surface area contributed by atoms with Gasteiger partial charge in [-0.15, -0.1) is 0 Å². The number of nitrogen functional groups attached to an aromatic ring is 1. The van der Waals surface area contributed by atoms with Crippen molar-refractivity contribution in [1.29, 1.82) is 0 Å². The summed E-state index contributed by atoms with van der Waals surface area (Å²) in [7, 11) is 0. The highest BCUT2D eigenvalue weighted by Gasteiger charge is 2.38. The van der Waals surface area contributed by atoms with E-state index in [4.69, 9.17) is 5.73 Å². The third kappa shape index (κ3) is 1.77. The van der Waals surface area contributed by atoms with Crippen LogP contribution in [0, 0.1) is 6.92 Å². The minimum atomic E-state index is -0.851. The molecule has 0 heterocycles. The van der Waals surface area contributed by atoms with Crippen LogP contribution >= 0.6 is 0 Å². The van der Waals surface area contributed by atoms with E-state index in [0.29, 0.717) is 18.5 Å². The van der Waals surface area contributed by atoms with Crippen molar-refractivity contribution in [3.63, 3.8) is 0 Å². The van der Waals surface area contributed by atoms with Crippen molar-refractivity contribution in [1.82, 2.24) is 0 Å². The van der Waals surface area contributed by atoms with Gasteiger partial charge in [0.05, 0.1) is 5.41 Å². The van der Waals surface area contributed by atoms with Crippen molar-refractivity contribution in [3.8, 4) is 0 Å². The van der Waals surface area contributed by atoms with Gasteiger partial charge in [0.15, 0.2) is 0 Å². The molecule has 0 unspecified atom stereocenters. The lowest BCUT2D eigenvalue weighted by atomic mass is 9.74. The van der Waals surface area contributed by atoms with E-state index in [2.05, 4.69) is 0 Å². The van der Waals surface area contributed by atoms with E-state index in [1.165, 1.54) is 0 Å². The van der Waals surface area contributed by atoms with Crippen LogP contribution in [-0.2, 0) is 10.2 Å². The third-order valence-electron chi connectivity index (χ3n) is 3.46. The molecule has 0 aliphatic heterocycles. The SMILES string of the molecule is CCC(CC)(C(=O)O)c1cccc(C)c1N. The summed E-state index contributed by atoms with van der Waals surface area (Å²) in [6, 6.07) is 5.59. The fourth-order valence-corrected chi connectivity index (χ4v) is 2.15. The highest BCUT2D eigenvalue weighted by atomic mass is 16.4. The number of carboxylic acid groups (broad SMARTS) is 1. The van der Waals surface area contributed by atoms with Gasteiger partial charge in [-0.3, -0.25) is 4.79 Å². The van der Waals surface area contributed by atoms with E-state index in [-0.39, 0.29) is 0 Å². The summed E-state index contributed by atoms with van der Waals surface area (Å²) in [5.74, 6) is -0.796. The van der Waals surface area contributed by atoms with Crippen molar-refractivity contribution in [2.24, 2.45) is 0 Å². The molecule has 1 rings (SSSR count). The molecule has 0 aromatic heterocycles. The maximum absolute atomic E-state index is 11.5. The molecule has 0 aliphatic rings. The molecule has 3 N–H and O–H groups in total. The zero-order chi connectivity index (χ0) is 12.3. The van der Waals surface area contributed by atoms with Gasteiger partial charge in [0.1, 0.15) is 0 Å². The number of aryl methyl sites for hydroxylation is 1. The zero-order valence-corrected chi connectivity index (χ0v) is 10.1. The number of carboxylic acids is 1. The molecule has 3 heteroatoms. The molecule has 0 radical (unpaired) electrons. The second-order valence-corrected chi connectivity index (χ2v) is 4.13. The van der Waals surface area contributed by atoms with Crippen molar-refractivity contribution in [3.05, 3.63) is 29.3 Å². The summed E-state index contributed by atoms with van der Waals surface area (Å²) in [6.07, 6.45) is 1.10. The summed E-state index contributed by atoms with van der Waals surface area (Å²) in [5.41, 5.74) is 7.42. The van der Waals surface area contributed by atoms with Crippen LogP contribution in [0.15, 0.2) is 18.2 Å². The average Bonchev–Trinajstić information content (AvgIpc) is 2.26. The van der Waals surface area contributed by atoms with E-state index in [1.807, 2.05) is 39.0 Å². The molecule has 0 saturated heterocycles. The van der Waals surface area contributed by atoms with Crippen LogP contribution in [0.1, 0.15) is 37.8 Å². The predicted molar refractivity (Wildman–Crippen MR) is 65.5 cm³/mol. The smallest absolute Gasteiger partial charge is 0.314 e. The number of carbonyl (C=O) groups is 1. The Morgan fingerprint density at radius 1 is 1.38 bits per heavy atom. The van der Waals surface area contributed by atoms with Gasteiger partial charge in [0, 0.05) is 5.69 Å². The molecule has 0 atom stereocenters. The topological polar surface area (TPSA) is 63.3 Å². The molecule has 0 amide bonds. The van der Waals surface area contributed by atoms with Crippen LogP contribution in [0.4, 0.5) is 5.69 Å². The first-order valence-electron chi connectivity index (χ1n) is 5.58. The van der Waals surface area contributed by atoms with Gasteiger partial charge in [-0.05, 0) is 30.9 Å². The molecule has 88 valence electrons. The first-order valence-corrected chi connectivity index (χ1v) is 5.58. The number of anilines is 1. The second-order valence-electron chi connectivity index (χ2n) is 4.13. The Bertz CT molecular complexity index is 395. The van der Waals surface area contributed by atoms with E-state index >= 15 is 0 Å². The average molecular weight is 221 g/mol. The minimum absolute atomic E-state index is 0.548. The Morgan fingerprint density at radius 3 is 2.38 bits per heavy atom. The van der Waals surface area contributed by atoms with Crippen molar-refractivity contribution < 1.29 is 9.90 Å². The Kier molecular flexibility index (Phi) is 3.58. The molecule has 0 bridgehead atoms. The van der Waals surface area contributed by atoms with Crippen LogP contribution in [-0.4, -0.2) is 11.1 Å². The summed E-state index contributed by atoms with van der Waals surface area (Å²) in [5, 5.41) is 9.44. The van der Waals surface area contributed by atoms with E-state index in [0.717, 1.165) is 11.1 Å². The van der Waals surface area contributed by atoms with Gasteiger partial charge in [-0.2, -0.15) is 0 Å². The predicted octanol–water partition coefficient (Wildman–Crippen LogP) is 2.72. The monoisotopic (exact) mass is 221 g/mol. The van der Waals surface area contributed by atoms with Gasteiger partial charge in [0.25, 0.3) is 0 Å². The number of rotatable bonds is 4. The van der Waals surface area contributed by atoms with Gasteiger partial charge in [-0.25, -0.2) is 0 Å². The Hall–Kier alpha value is -1.51. The first-order chi connectivity index (χ1) is 7.49. The van der Waals surface area contributed by atoms with Crippen LogP contribution in [0.25, 0.3) is 0 Å². The lowest BCUT2D eigenvalue weighted by Crippen LogP contribution is -2.35. The molecule has 0 fully saturated rings. The fourth-order valence-electron chi connectivity index (χ4n) is 2.15. The highest BCUT2D eigenvalue weighted by molar-refractivity contribution is 5.84. The van der Waals surface area contributed by atoms with Crippen LogP contribution < -0.4 is 5.73 Å². The molecule has 16 heavy (non-hydrogen) atoms. The summed E-state index contributed by atoms with van der Waals surface area (Å²) < 4.78 is 0. The zero-order valence-electron chi connectivity index (χ0n) is 10.1. The van der Waals surface area contributed by atoms with Crippen molar-refractivity contribution in [2.75, 3.05) is 5.73 Å². The number of hydrogen-bond acceptors (Lipinski definition) is 2. The number of benzene rings is 1. The highest BCUT2D eigenvalue weighted by Crippen LogP contribution is 2.36. The lowest BCUT2D eigenvalue weighted by molar-refractivity contribution is -0.144. The summed E-state index contributed by atoms with van der Waals surface area (Å²) in [6.45, 7) is 5.68. The quantitative estimate of drug-likeness (QED) is 0.768. The van der Waals surface area contributed by atoms with E-state index in [1.54, 1.807) is 0 Å². The maximum atomic E-state index is 11.5. The number of hydrogen-bond donors (Lipinski definition) is 2. The first kappa shape index (κ1) is 12.6. The lowest BCUT2D eigenvalue weighted by Gasteiger charge is -2.29. The Morgan fingerprint density at radius 2 is 1.94 bits per heavy atom. The minimum Gasteiger partial charge on any atom is -0.481 e. The van der Waals surface area contributed by atoms with Crippen LogP contribution in [0.2, 0.25) is 0 Å². The van der Waals surface area contributed by atoms with Crippen LogP contribution in [0.3, 0.4) is 0 Å². The largest absolute Gasteiger partial charge is 0.481 e.